The Balaban J connectivity index is 2.37. The van der Waals surface area contributed by atoms with E-state index < -0.39 is 0 Å². The van der Waals surface area contributed by atoms with Gasteiger partial charge in [-0.1, -0.05) is 41.4 Å². The van der Waals surface area contributed by atoms with E-state index in [-0.39, 0.29) is 0 Å². The number of carbonyl (C=O) groups is 1. The number of halogens is 2. The first kappa shape index (κ1) is 12.7. The van der Waals surface area contributed by atoms with Gasteiger partial charge in [0.25, 0.3) is 0 Å². The van der Waals surface area contributed by atoms with Crippen molar-refractivity contribution in [2.24, 2.45) is 0 Å². The second-order valence-corrected chi connectivity index (χ2v) is 4.28. The molecule has 1 amide bonds. The lowest BCUT2D eigenvalue weighted by atomic mass is 10.2. The molecular weight excluding hydrogens is 271 g/mol. The second kappa shape index (κ2) is 5.76. The van der Waals surface area contributed by atoms with E-state index in [9.17, 15) is 4.79 Å². The van der Waals surface area contributed by atoms with Crippen molar-refractivity contribution in [3.63, 3.8) is 0 Å². The van der Waals surface area contributed by atoms with Crippen LogP contribution in [0.3, 0.4) is 0 Å². The molecular formula is C13H9Cl2N2O. The molecule has 0 aliphatic carbocycles. The van der Waals surface area contributed by atoms with Gasteiger partial charge in [0.05, 0.1) is 21.4 Å². The Labute approximate surface area is 115 Å². The second-order valence-electron chi connectivity index (χ2n) is 3.46. The van der Waals surface area contributed by atoms with Gasteiger partial charge in [0.15, 0.2) is 0 Å². The summed E-state index contributed by atoms with van der Waals surface area (Å²) in [6.07, 6.45) is 0.600. The summed E-state index contributed by atoms with van der Waals surface area (Å²) in [6.45, 7) is 0. The van der Waals surface area contributed by atoms with E-state index >= 15 is 0 Å². The number of hydrogen-bond acceptors (Lipinski definition) is 1. The maximum atomic E-state index is 10.5. The number of rotatable bonds is 4. The highest BCUT2D eigenvalue weighted by Gasteiger charge is 2.09. The third-order valence-corrected chi connectivity index (χ3v) is 2.90. The molecule has 0 aromatic heterocycles. The van der Waals surface area contributed by atoms with Crippen LogP contribution in [-0.2, 0) is 4.79 Å². The smallest absolute Gasteiger partial charge is 0.211 e. The molecule has 18 heavy (non-hydrogen) atoms. The van der Waals surface area contributed by atoms with Crippen LogP contribution in [-0.4, -0.2) is 6.41 Å². The fraction of sp³-hybridized carbons (Fsp3) is 0. The van der Waals surface area contributed by atoms with Crippen molar-refractivity contribution in [1.82, 2.24) is 5.32 Å². The molecule has 0 heterocycles. The van der Waals surface area contributed by atoms with Crippen LogP contribution in [0.5, 0.6) is 0 Å². The Morgan fingerprint density at radius 2 is 1.67 bits per heavy atom. The molecule has 0 unspecified atom stereocenters. The molecule has 2 aromatic rings. The highest BCUT2D eigenvalue weighted by molar-refractivity contribution is 6.38. The lowest BCUT2D eigenvalue weighted by Crippen LogP contribution is -1.99. The molecule has 0 fully saturated rings. The number of benzene rings is 2. The lowest BCUT2D eigenvalue weighted by Gasteiger charge is -2.10. The van der Waals surface area contributed by atoms with Gasteiger partial charge in [-0.05, 0) is 24.3 Å². The third kappa shape index (κ3) is 2.75. The SMILES string of the molecule is O=CNc1ccccc1[N]c1c(Cl)cccc1Cl. The fourth-order valence-corrected chi connectivity index (χ4v) is 1.95. The lowest BCUT2D eigenvalue weighted by molar-refractivity contribution is -0.105. The average molecular weight is 280 g/mol. The first-order chi connectivity index (χ1) is 8.72. The van der Waals surface area contributed by atoms with Crippen molar-refractivity contribution in [2.75, 3.05) is 5.32 Å². The zero-order chi connectivity index (χ0) is 13.0. The highest BCUT2D eigenvalue weighted by Crippen LogP contribution is 2.34. The van der Waals surface area contributed by atoms with E-state index in [2.05, 4.69) is 10.6 Å². The van der Waals surface area contributed by atoms with E-state index in [1.807, 2.05) is 6.07 Å². The number of para-hydroxylation sites is 3. The summed E-state index contributed by atoms with van der Waals surface area (Å²) in [5, 5.41) is 7.87. The zero-order valence-corrected chi connectivity index (χ0v) is 10.7. The van der Waals surface area contributed by atoms with E-state index in [0.717, 1.165) is 0 Å². The van der Waals surface area contributed by atoms with Crippen molar-refractivity contribution in [3.05, 3.63) is 52.5 Å². The maximum absolute atomic E-state index is 10.5. The minimum absolute atomic E-state index is 0.461. The van der Waals surface area contributed by atoms with E-state index in [4.69, 9.17) is 23.2 Å². The number of carbonyl (C=O) groups excluding carboxylic acids is 1. The fourth-order valence-electron chi connectivity index (χ4n) is 1.47. The van der Waals surface area contributed by atoms with Gasteiger partial charge in [0.1, 0.15) is 5.69 Å². The van der Waals surface area contributed by atoms with Crippen LogP contribution in [0.15, 0.2) is 42.5 Å². The van der Waals surface area contributed by atoms with Crippen LogP contribution in [0.2, 0.25) is 10.0 Å². The molecule has 2 rings (SSSR count). The van der Waals surface area contributed by atoms with Crippen LogP contribution >= 0.6 is 23.2 Å². The van der Waals surface area contributed by atoms with Gasteiger partial charge in [-0.15, -0.1) is 0 Å². The molecule has 0 aliphatic rings. The molecule has 0 saturated carbocycles. The van der Waals surface area contributed by atoms with E-state index in [0.29, 0.717) is 33.5 Å². The molecule has 0 bridgehead atoms. The van der Waals surface area contributed by atoms with Gasteiger partial charge in [-0.3, -0.25) is 4.79 Å². The Kier molecular flexibility index (Phi) is 4.07. The summed E-state index contributed by atoms with van der Waals surface area (Å²) in [5.41, 5.74) is 1.68. The van der Waals surface area contributed by atoms with Crippen LogP contribution in [0.4, 0.5) is 17.1 Å². The first-order valence-corrected chi connectivity index (χ1v) is 5.93. The quantitative estimate of drug-likeness (QED) is 0.841. The molecule has 0 saturated heterocycles. The van der Waals surface area contributed by atoms with Gasteiger partial charge in [-0.25, -0.2) is 5.32 Å². The van der Waals surface area contributed by atoms with Crippen molar-refractivity contribution in [3.8, 4) is 0 Å². The molecule has 0 atom stereocenters. The van der Waals surface area contributed by atoms with Gasteiger partial charge in [0, 0.05) is 0 Å². The maximum Gasteiger partial charge on any atom is 0.211 e. The standard InChI is InChI=1S/C13H9Cl2N2O/c14-9-4-3-5-10(15)13(9)17-12-7-2-1-6-11(12)16-8-18/h1-8H,(H,16,18). The Hall–Kier alpha value is -1.71. The number of anilines is 1. The molecule has 2 aromatic carbocycles. The zero-order valence-electron chi connectivity index (χ0n) is 9.23. The largest absolute Gasteiger partial charge is 0.327 e. The minimum Gasteiger partial charge on any atom is -0.327 e. The molecule has 91 valence electrons. The Bertz CT molecular complexity index is 552. The topological polar surface area (TPSA) is 43.2 Å². The summed E-state index contributed by atoms with van der Waals surface area (Å²) < 4.78 is 0. The van der Waals surface area contributed by atoms with E-state index in [1.165, 1.54) is 0 Å². The van der Waals surface area contributed by atoms with Gasteiger partial charge >= 0.3 is 0 Å². The van der Waals surface area contributed by atoms with Crippen molar-refractivity contribution < 1.29 is 4.79 Å². The number of nitrogens with one attached hydrogen (secondary N) is 1. The first-order valence-electron chi connectivity index (χ1n) is 5.17. The Morgan fingerprint density at radius 3 is 2.33 bits per heavy atom. The monoisotopic (exact) mass is 279 g/mol. The third-order valence-electron chi connectivity index (χ3n) is 2.29. The summed E-state index contributed by atoms with van der Waals surface area (Å²) in [7, 11) is 0. The summed E-state index contributed by atoms with van der Waals surface area (Å²) in [5.74, 6) is 0. The molecule has 1 radical (unpaired) electrons. The van der Waals surface area contributed by atoms with Crippen LogP contribution in [0.1, 0.15) is 0 Å². The van der Waals surface area contributed by atoms with Gasteiger partial charge in [-0.2, -0.15) is 0 Å². The normalized spacial score (nSPS) is 9.89. The average Bonchev–Trinajstić information content (AvgIpc) is 2.36. The van der Waals surface area contributed by atoms with Crippen LogP contribution < -0.4 is 10.6 Å². The van der Waals surface area contributed by atoms with Crippen LogP contribution in [0.25, 0.3) is 0 Å². The summed E-state index contributed by atoms with van der Waals surface area (Å²) in [6, 6.07) is 12.3. The summed E-state index contributed by atoms with van der Waals surface area (Å²) >= 11 is 12.1. The predicted octanol–water partition coefficient (Wildman–Crippen LogP) is 4.13. The predicted molar refractivity (Wildman–Crippen MR) is 74.0 cm³/mol. The van der Waals surface area contributed by atoms with Crippen molar-refractivity contribution >= 4 is 46.7 Å². The van der Waals surface area contributed by atoms with Crippen LogP contribution in [0, 0.1) is 0 Å². The Morgan fingerprint density at radius 1 is 1.00 bits per heavy atom. The number of amides is 1. The summed E-state index contributed by atoms with van der Waals surface area (Å²) in [4.78, 5) is 10.5. The molecule has 0 spiro atoms. The van der Waals surface area contributed by atoms with Gasteiger partial charge < -0.3 is 5.32 Å². The van der Waals surface area contributed by atoms with Crippen molar-refractivity contribution in [2.45, 2.75) is 0 Å². The van der Waals surface area contributed by atoms with Crippen molar-refractivity contribution in [1.29, 1.82) is 0 Å². The highest BCUT2D eigenvalue weighted by atomic mass is 35.5. The number of nitrogens with zero attached hydrogens (tertiary/aromatic N) is 1. The molecule has 1 N–H and O–H groups in total. The minimum atomic E-state index is 0.461. The molecule has 5 heteroatoms. The number of hydrogen-bond donors (Lipinski definition) is 1. The van der Waals surface area contributed by atoms with E-state index in [1.54, 1.807) is 36.4 Å². The molecule has 3 nitrogen and oxygen atoms in total. The van der Waals surface area contributed by atoms with Gasteiger partial charge in [0.2, 0.25) is 6.41 Å². The molecule has 0 aliphatic heterocycles.